The summed E-state index contributed by atoms with van der Waals surface area (Å²) in [4.78, 5) is 43.8. The predicted molar refractivity (Wildman–Crippen MR) is 115 cm³/mol. The average molecular weight is 481 g/mol. The number of amides is 3. The van der Waals surface area contributed by atoms with Crippen LogP contribution < -0.4 is 24.8 Å². The van der Waals surface area contributed by atoms with E-state index in [4.69, 9.17) is 9.47 Å². The highest BCUT2D eigenvalue weighted by Crippen LogP contribution is 2.20. The minimum Gasteiger partial charge on any atom is -0.481 e. The number of benzene rings is 1. The van der Waals surface area contributed by atoms with Gasteiger partial charge in [-0.3, -0.25) is 10.1 Å². The van der Waals surface area contributed by atoms with E-state index in [0.717, 1.165) is 19.2 Å². The monoisotopic (exact) mass is 481 g/mol. The summed E-state index contributed by atoms with van der Waals surface area (Å²) in [5.74, 6) is -1.75. The standard InChI is InChI=1S/C19H23N5O8S/c1-10(2)20-16(25)11-6-7-12(17(26)32-5)13(8-11)33(28,29)24-19(27)23-18-21-14(30-3)9-15(22-18)31-4/h6-10H,1-5H3,(H,20,25)(H2,21,22,23,24,27). The van der Waals surface area contributed by atoms with Crippen molar-refractivity contribution in [3.05, 3.63) is 35.4 Å². The minimum atomic E-state index is -4.64. The van der Waals surface area contributed by atoms with Crippen LogP contribution in [0.2, 0.25) is 0 Å². The lowest BCUT2D eigenvalue weighted by Crippen LogP contribution is -2.36. The van der Waals surface area contributed by atoms with Crippen LogP contribution in [0.4, 0.5) is 10.7 Å². The number of nitrogens with one attached hydrogen (secondary N) is 3. The van der Waals surface area contributed by atoms with Crippen molar-refractivity contribution >= 4 is 33.9 Å². The second-order valence-electron chi connectivity index (χ2n) is 6.67. The number of esters is 1. The van der Waals surface area contributed by atoms with Crippen LogP contribution >= 0.6 is 0 Å². The number of hydrogen-bond acceptors (Lipinski definition) is 10. The molecule has 13 nitrogen and oxygen atoms in total. The number of carbonyl (C=O) groups excluding carboxylic acids is 3. The first-order chi connectivity index (χ1) is 15.5. The molecular formula is C19H23N5O8S. The number of sulfonamides is 1. The van der Waals surface area contributed by atoms with Crippen LogP contribution in [0.5, 0.6) is 11.8 Å². The van der Waals surface area contributed by atoms with E-state index in [9.17, 15) is 22.8 Å². The van der Waals surface area contributed by atoms with E-state index in [2.05, 4.69) is 25.3 Å². The maximum atomic E-state index is 12.9. The van der Waals surface area contributed by atoms with E-state index in [1.54, 1.807) is 18.6 Å². The van der Waals surface area contributed by atoms with Crippen LogP contribution in [0.3, 0.4) is 0 Å². The molecule has 1 aromatic carbocycles. The number of methoxy groups -OCH3 is 3. The summed E-state index contributed by atoms with van der Waals surface area (Å²) < 4.78 is 42.1. The molecule has 0 spiro atoms. The molecule has 0 bridgehead atoms. The largest absolute Gasteiger partial charge is 0.481 e. The molecule has 3 amide bonds. The van der Waals surface area contributed by atoms with Gasteiger partial charge < -0.3 is 19.5 Å². The topological polar surface area (TPSA) is 175 Å². The van der Waals surface area contributed by atoms with Crippen molar-refractivity contribution in [1.29, 1.82) is 0 Å². The predicted octanol–water partition coefficient (Wildman–Crippen LogP) is 0.929. The maximum Gasteiger partial charge on any atom is 0.339 e. The number of hydrogen-bond donors (Lipinski definition) is 3. The number of urea groups is 1. The van der Waals surface area contributed by atoms with Gasteiger partial charge in [-0.15, -0.1) is 0 Å². The molecule has 1 heterocycles. The molecule has 178 valence electrons. The normalized spacial score (nSPS) is 10.8. The third kappa shape index (κ3) is 6.52. The van der Waals surface area contributed by atoms with Crippen LogP contribution in [0, 0.1) is 0 Å². The van der Waals surface area contributed by atoms with Gasteiger partial charge in [0.05, 0.1) is 33.0 Å². The smallest absolute Gasteiger partial charge is 0.339 e. The van der Waals surface area contributed by atoms with Crippen LogP contribution in [0.1, 0.15) is 34.6 Å². The molecule has 0 radical (unpaired) electrons. The van der Waals surface area contributed by atoms with Crippen LogP contribution in [0.25, 0.3) is 0 Å². The zero-order valence-corrected chi connectivity index (χ0v) is 19.3. The van der Waals surface area contributed by atoms with E-state index < -0.39 is 32.8 Å². The molecule has 0 aliphatic heterocycles. The highest BCUT2D eigenvalue weighted by Gasteiger charge is 2.27. The second kappa shape index (κ2) is 10.6. The maximum absolute atomic E-state index is 12.9. The summed E-state index contributed by atoms with van der Waals surface area (Å²) in [5, 5.41) is 4.74. The Bertz CT molecular complexity index is 1140. The van der Waals surface area contributed by atoms with Gasteiger partial charge in [0.15, 0.2) is 0 Å². The molecular weight excluding hydrogens is 458 g/mol. The van der Waals surface area contributed by atoms with Crippen molar-refractivity contribution < 1.29 is 37.0 Å². The SMILES string of the molecule is COC(=O)c1ccc(C(=O)NC(C)C)cc1S(=O)(=O)NC(=O)Nc1nc(OC)cc(OC)n1. The molecule has 0 fully saturated rings. The summed E-state index contributed by atoms with van der Waals surface area (Å²) in [6, 6.07) is 3.23. The lowest BCUT2D eigenvalue weighted by molar-refractivity contribution is 0.0595. The van der Waals surface area contributed by atoms with Crippen molar-refractivity contribution in [3.63, 3.8) is 0 Å². The lowest BCUT2D eigenvalue weighted by Gasteiger charge is -2.14. The number of aromatic nitrogens is 2. The first kappa shape index (κ1) is 25.3. The molecule has 0 aliphatic carbocycles. The Balaban J connectivity index is 2.38. The minimum absolute atomic E-state index is 0.0435. The van der Waals surface area contributed by atoms with E-state index in [0.29, 0.717) is 0 Å². The molecule has 0 saturated carbocycles. The first-order valence-corrected chi connectivity index (χ1v) is 10.8. The van der Waals surface area contributed by atoms with Crippen LogP contribution in [-0.2, 0) is 14.8 Å². The highest BCUT2D eigenvalue weighted by atomic mass is 32.2. The number of carbonyl (C=O) groups is 3. The Morgan fingerprint density at radius 3 is 2.09 bits per heavy atom. The fourth-order valence-electron chi connectivity index (χ4n) is 2.48. The van der Waals surface area contributed by atoms with Gasteiger partial charge in [0.2, 0.25) is 17.7 Å². The van der Waals surface area contributed by atoms with Gasteiger partial charge in [0.25, 0.3) is 15.9 Å². The van der Waals surface area contributed by atoms with Crippen molar-refractivity contribution in [2.24, 2.45) is 0 Å². The highest BCUT2D eigenvalue weighted by molar-refractivity contribution is 7.90. The van der Waals surface area contributed by atoms with Crippen molar-refractivity contribution in [2.45, 2.75) is 24.8 Å². The van der Waals surface area contributed by atoms with E-state index in [-0.39, 0.29) is 34.9 Å². The molecule has 0 aliphatic rings. The summed E-state index contributed by atoms with van der Waals surface area (Å²) in [6.45, 7) is 3.44. The molecule has 2 aromatic rings. The Kier molecular flexibility index (Phi) is 8.12. The lowest BCUT2D eigenvalue weighted by atomic mass is 10.1. The van der Waals surface area contributed by atoms with Crippen LogP contribution in [0.15, 0.2) is 29.2 Å². The van der Waals surface area contributed by atoms with Crippen molar-refractivity contribution in [1.82, 2.24) is 20.0 Å². The van der Waals surface area contributed by atoms with Gasteiger partial charge in [-0.2, -0.15) is 9.97 Å². The Morgan fingerprint density at radius 2 is 1.58 bits per heavy atom. The average Bonchev–Trinajstić information content (AvgIpc) is 2.76. The van der Waals surface area contributed by atoms with E-state index >= 15 is 0 Å². The number of ether oxygens (including phenoxy) is 3. The van der Waals surface area contributed by atoms with Gasteiger partial charge in [-0.05, 0) is 32.0 Å². The molecule has 0 unspecified atom stereocenters. The third-order valence-corrected chi connectivity index (χ3v) is 5.28. The Hall–Kier alpha value is -3.94. The van der Waals surface area contributed by atoms with E-state index in [1.165, 1.54) is 26.4 Å². The number of anilines is 1. The van der Waals surface area contributed by atoms with Gasteiger partial charge in [0, 0.05) is 11.6 Å². The van der Waals surface area contributed by atoms with Gasteiger partial charge in [-0.1, -0.05) is 0 Å². The summed E-state index contributed by atoms with van der Waals surface area (Å²) in [6.07, 6.45) is 0. The Labute approximate surface area is 189 Å². The second-order valence-corrected chi connectivity index (χ2v) is 8.32. The summed E-state index contributed by atoms with van der Waals surface area (Å²) in [5.41, 5.74) is -0.420. The molecule has 1 aromatic heterocycles. The quantitative estimate of drug-likeness (QED) is 0.460. The van der Waals surface area contributed by atoms with Crippen molar-refractivity contribution in [2.75, 3.05) is 26.6 Å². The van der Waals surface area contributed by atoms with Gasteiger partial charge in [-0.25, -0.2) is 22.7 Å². The molecule has 0 atom stereocenters. The molecule has 0 saturated heterocycles. The summed E-state index contributed by atoms with van der Waals surface area (Å²) >= 11 is 0. The Morgan fingerprint density at radius 1 is 0.970 bits per heavy atom. The molecule has 14 heteroatoms. The van der Waals surface area contributed by atoms with Crippen LogP contribution in [-0.4, -0.2) is 63.7 Å². The summed E-state index contributed by atoms with van der Waals surface area (Å²) in [7, 11) is -0.928. The van der Waals surface area contributed by atoms with E-state index in [1.807, 2.05) is 0 Å². The molecule has 3 N–H and O–H groups in total. The zero-order valence-electron chi connectivity index (χ0n) is 18.5. The first-order valence-electron chi connectivity index (χ1n) is 9.34. The number of rotatable bonds is 8. The molecule has 33 heavy (non-hydrogen) atoms. The van der Waals surface area contributed by atoms with Gasteiger partial charge >= 0.3 is 12.0 Å². The fraction of sp³-hybridized carbons (Fsp3) is 0.316. The number of nitrogens with zero attached hydrogens (tertiary/aromatic N) is 2. The molecule has 2 rings (SSSR count). The zero-order chi connectivity index (χ0) is 24.8. The fourth-order valence-corrected chi connectivity index (χ4v) is 3.61. The van der Waals surface area contributed by atoms with Gasteiger partial charge in [0.1, 0.15) is 4.90 Å². The third-order valence-electron chi connectivity index (χ3n) is 3.91. The van der Waals surface area contributed by atoms with Crippen molar-refractivity contribution in [3.8, 4) is 11.8 Å².